The van der Waals surface area contributed by atoms with Crippen LogP contribution in [0.25, 0.3) is 0 Å². The number of rotatable bonds is 5. The normalized spacial score (nSPS) is 16.9. The Morgan fingerprint density at radius 3 is 2.63 bits per heavy atom. The van der Waals surface area contributed by atoms with E-state index in [1.165, 1.54) is 0 Å². The summed E-state index contributed by atoms with van der Waals surface area (Å²) in [7, 11) is 0. The molecular formula is C14H18BrNO3. The third kappa shape index (κ3) is 3.70. The molecule has 0 aliphatic carbocycles. The van der Waals surface area contributed by atoms with Crippen molar-refractivity contribution < 1.29 is 14.6 Å². The maximum absolute atomic E-state index is 11.8. The average Bonchev–Trinajstić information content (AvgIpc) is 2.35. The van der Waals surface area contributed by atoms with E-state index in [-0.39, 0.29) is 12.5 Å². The smallest absolute Gasteiger partial charge is 0.260 e. The zero-order valence-corrected chi connectivity index (χ0v) is 12.5. The first kappa shape index (κ1) is 14.3. The number of β-amino-alcohol motifs (C(OH)–C–C–N with tert-alkyl or cyclic N) is 1. The number of amides is 1. The van der Waals surface area contributed by atoms with Crippen molar-refractivity contribution in [3.63, 3.8) is 0 Å². The van der Waals surface area contributed by atoms with E-state index in [0.29, 0.717) is 18.8 Å². The van der Waals surface area contributed by atoms with Gasteiger partial charge in [0.25, 0.3) is 5.91 Å². The lowest BCUT2D eigenvalue weighted by atomic mass is 9.89. The van der Waals surface area contributed by atoms with Gasteiger partial charge in [0.2, 0.25) is 0 Å². The second-order valence-corrected chi connectivity index (χ2v) is 5.88. The lowest BCUT2D eigenvalue weighted by Gasteiger charge is -2.46. The van der Waals surface area contributed by atoms with E-state index in [9.17, 15) is 9.90 Å². The SMILES string of the molecule is CCCC1(O)CN(C(=O)COc2ccc(Br)cc2)C1. The van der Waals surface area contributed by atoms with Crippen LogP contribution in [0.3, 0.4) is 0 Å². The zero-order valence-electron chi connectivity index (χ0n) is 10.9. The summed E-state index contributed by atoms with van der Waals surface area (Å²) in [6.45, 7) is 2.88. The molecule has 0 atom stereocenters. The Kier molecular flexibility index (Phi) is 4.47. The number of nitrogens with zero attached hydrogens (tertiary/aromatic N) is 1. The molecule has 0 radical (unpaired) electrons. The molecule has 4 nitrogen and oxygen atoms in total. The molecule has 1 aliphatic rings. The van der Waals surface area contributed by atoms with E-state index in [4.69, 9.17) is 4.74 Å². The van der Waals surface area contributed by atoms with Crippen LogP contribution in [0.5, 0.6) is 5.75 Å². The Balaban J connectivity index is 1.76. The lowest BCUT2D eigenvalue weighted by molar-refractivity contribution is -0.158. The Morgan fingerprint density at radius 1 is 1.42 bits per heavy atom. The average molecular weight is 328 g/mol. The number of aliphatic hydroxyl groups is 1. The lowest BCUT2D eigenvalue weighted by Crippen LogP contribution is -2.64. The van der Waals surface area contributed by atoms with E-state index in [0.717, 1.165) is 17.3 Å². The number of hydrogen-bond donors (Lipinski definition) is 1. The van der Waals surface area contributed by atoms with E-state index in [1.54, 1.807) is 17.0 Å². The predicted octanol–water partition coefficient (Wildman–Crippen LogP) is 2.20. The summed E-state index contributed by atoms with van der Waals surface area (Å²) in [5.74, 6) is 0.588. The molecule has 2 rings (SSSR count). The minimum Gasteiger partial charge on any atom is -0.484 e. The fourth-order valence-corrected chi connectivity index (χ4v) is 2.50. The van der Waals surface area contributed by atoms with Crippen molar-refractivity contribution in [1.29, 1.82) is 0 Å². The van der Waals surface area contributed by atoms with Gasteiger partial charge in [-0.15, -0.1) is 0 Å². The number of halogens is 1. The van der Waals surface area contributed by atoms with Crippen molar-refractivity contribution in [2.45, 2.75) is 25.4 Å². The number of carbonyl (C=O) groups is 1. The number of hydrogen-bond acceptors (Lipinski definition) is 3. The second-order valence-electron chi connectivity index (χ2n) is 4.97. The molecule has 1 amide bonds. The van der Waals surface area contributed by atoms with Gasteiger partial charge in [-0.05, 0) is 30.7 Å². The van der Waals surface area contributed by atoms with Crippen LogP contribution in [-0.4, -0.2) is 41.2 Å². The predicted molar refractivity (Wildman–Crippen MR) is 76.1 cm³/mol. The van der Waals surface area contributed by atoms with Crippen molar-refractivity contribution in [3.05, 3.63) is 28.7 Å². The van der Waals surface area contributed by atoms with Crippen LogP contribution in [-0.2, 0) is 4.79 Å². The fraction of sp³-hybridized carbons (Fsp3) is 0.500. The first-order valence-electron chi connectivity index (χ1n) is 6.41. The maximum Gasteiger partial charge on any atom is 0.260 e. The van der Waals surface area contributed by atoms with Crippen molar-refractivity contribution in [3.8, 4) is 5.75 Å². The topological polar surface area (TPSA) is 49.8 Å². The van der Waals surface area contributed by atoms with Crippen LogP contribution in [0.2, 0.25) is 0 Å². The highest BCUT2D eigenvalue weighted by molar-refractivity contribution is 9.10. The van der Waals surface area contributed by atoms with Gasteiger partial charge < -0.3 is 14.7 Å². The van der Waals surface area contributed by atoms with Crippen LogP contribution >= 0.6 is 15.9 Å². The Morgan fingerprint density at radius 2 is 2.05 bits per heavy atom. The molecule has 19 heavy (non-hydrogen) atoms. The molecule has 0 aromatic heterocycles. The highest BCUT2D eigenvalue weighted by Crippen LogP contribution is 2.25. The summed E-state index contributed by atoms with van der Waals surface area (Å²) in [6, 6.07) is 7.34. The van der Waals surface area contributed by atoms with E-state index >= 15 is 0 Å². The van der Waals surface area contributed by atoms with Gasteiger partial charge in [-0.25, -0.2) is 0 Å². The number of ether oxygens (including phenoxy) is 1. The first-order chi connectivity index (χ1) is 9.02. The molecule has 1 aromatic carbocycles. The highest BCUT2D eigenvalue weighted by Gasteiger charge is 2.42. The summed E-state index contributed by atoms with van der Waals surface area (Å²) in [5.41, 5.74) is -0.679. The molecule has 1 fully saturated rings. The van der Waals surface area contributed by atoms with Crippen molar-refractivity contribution in [2.24, 2.45) is 0 Å². The van der Waals surface area contributed by atoms with Gasteiger partial charge in [0.1, 0.15) is 5.75 Å². The van der Waals surface area contributed by atoms with Crippen molar-refractivity contribution in [1.82, 2.24) is 4.90 Å². The minimum atomic E-state index is -0.679. The summed E-state index contributed by atoms with van der Waals surface area (Å²) < 4.78 is 6.38. The van der Waals surface area contributed by atoms with Crippen molar-refractivity contribution >= 4 is 21.8 Å². The van der Waals surface area contributed by atoms with Gasteiger partial charge >= 0.3 is 0 Å². The summed E-state index contributed by atoms with van der Waals surface area (Å²) in [6.07, 6.45) is 1.66. The van der Waals surface area contributed by atoms with Crippen LogP contribution in [0.15, 0.2) is 28.7 Å². The number of benzene rings is 1. The largest absolute Gasteiger partial charge is 0.484 e. The molecule has 1 aliphatic heterocycles. The standard InChI is InChI=1S/C14H18BrNO3/c1-2-7-14(18)9-16(10-14)13(17)8-19-12-5-3-11(15)4-6-12/h3-6,18H,2,7-10H2,1H3. The first-order valence-corrected chi connectivity index (χ1v) is 7.20. The van der Waals surface area contributed by atoms with Gasteiger partial charge in [0, 0.05) is 4.47 Å². The number of likely N-dealkylation sites (tertiary alicyclic amines) is 1. The van der Waals surface area contributed by atoms with E-state index < -0.39 is 5.60 Å². The van der Waals surface area contributed by atoms with Crippen LogP contribution < -0.4 is 4.74 Å². The molecule has 1 aromatic rings. The Labute approximate surface area is 121 Å². The van der Waals surface area contributed by atoms with Gasteiger partial charge in [-0.3, -0.25) is 4.79 Å². The molecule has 0 spiro atoms. The molecular weight excluding hydrogens is 310 g/mol. The molecule has 0 saturated carbocycles. The third-order valence-electron chi connectivity index (χ3n) is 3.21. The van der Waals surface area contributed by atoms with E-state index in [1.807, 2.05) is 19.1 Å². The Hall–Kier alpha value is -1.07. The van der Waals surface area contributed by atoms with Gasteiger partial charge in [0.15, 0.2) is 6.61 Å². The quantitative estimate of drug-likeness (QED) is 0.902. The molecule has 1 N–H and O–H groups in total. The highest BCUT2D eigenvalue weighted by atomic mass is 79.9. The minimum absolute atomic E-state index is 0.0177. The summed E-state index contributed by atoms with van der Waals surface area (Å²) >= 11 is 3.34. The summed E-state index contributed by atoms with van der Waals surface area (Å²) in [5, 5.41) is 10.0. The summed E-state index contributed by atoms with van der Waals surface area (Å²) in [4.78, 5) is 13.5. The zero-order chi connectivity index (χ0) is 13.9. The molecule has 1 saturated heterocycles. The second kappa shape index (κ2) is 5.92. The molecule has 0 bridgehead atoms. The molecule has 104 valence electrons. The van der Waals surface area contributed by atoms with Gasteiger partial charge in [-0.2, -0.15) is 0 Å². The third-order valence-corrected chi connectivity index (χ3v) is 3.74. The Bertz CT molecular complexity index is 441. The fourth-order valence-electron chi connectivity index (χ4n) is 2.23. The van der Waals surface area contributed by atoms with Crippen LogP contribution in [0.1, 0.15) is 19.8 Å². The van der Waals surface area contributed by atoms with E-state index in [2.05, 4.69) is 15.9 Å². The van der Waals surface area contributed by atoms with Crippen LogP contribution in [0, 0.1) is 0 Å². The van der Waals surface area contributed by atoms with Gasteiger partial charge in [0.05, 0.1) is 18.7 Å². The molecule has 5 heteroatoms. The van der Waals surface area contributed by atoms with Gasteiger partial charge in [-0.1, -0.05) is 29.3 Å². The maximum atomic E-state index is 11.8. The van der Waals surface area contributed by atoms with Crippen molar-refractivity contribution in [2.75, 3.05) is 19.7 Å². The molecule has 0 unspecified atom stereocenters. The monoisotopic (exact) mass is 327 g/mol. The number of carbonyl (C=O) groups excluding carboxylic acids is 1. The molecule has 1 heterocycles. The van der Waals surface area contributed by atoms with Crippen LogP contribution in [0.4, 0.5) is 0 Å².